The largest absolute Gasteiger partial charge is 0.314 e. The van der Waals surface area contributed by atoms with E-state index in [9.17, 15) is 0 Å². The highest BCUT2D eigenvalue weighted by atomic mass is 14.9. The highest BCUT2D eigenvalue weighted by Gasteiger charge is 2.24. The number of unbranched alkanes of at least 4 members (excludes halogenated alkanes) is 7. The normalized spacial score (nSPS) is 22.9. The lowest BCUT2D eigenvalue weighted by molar-refractivity contribution is 0.209. The molecule has 0 aromatic heterocycles. The minimum Gasteiger partial charge on any atom is -0.314 e. The number of nitrogens with one attached hydrogen (secondary N) is 1. The van der Waals surface area contributed by atoms with E-state index in [1.807, 2.05) is 0 Å². The number of hydrogen-bond acceptors (Lipinski definition) is 1. The van der Waals surface area contributed by atoms with Gasteiger partial charge in [0, 0.05) is 6.04 Å². The van der Waals surface area contributed by atoms with Gasteiger partial charge < -0.3 is 5.32 Å². The summed E-state index contributed by atoms with van der Waals surface area (Å²) in [5.41, 5.74) is 0. The first-order chi connectivity index (χ1) is 10.2. The van der Waals surface area contributed by atoms with Crippen molar-refractivity contribution in [2.24, 2.45) is 11.8 Å². The molecule has 1 N–H and O–H groups in total. The summed E-state index contributed by atoms with van der Waals surface area (Å²) in [6.07, 6.45) is 19.1. The smallest absolute Gasteiger partial charge is 0.00104 e. The zero-order valence-electron chi connectivity index (χ0n) is 15.1. The fourth-order valence-electron chi connectivity index (χ4n) is 3.86. The quantitative estimate of drug-likeness (QED) is 0.415. The molecule has 0 aromatic rings. The van der Waals surface area contributed by atoms with Crippen molar-refractivity contribution in [1.82, 2.24) is 5.32 Å². The second-order valence-electron chi connectivity index (χ2n) is 7.63. The molecule has 0 amide bonds. The Kier molecular flexibility index (Phi) is 11.3. The first-order valence-electron chi connectivity index (χ1n) is 9.97. The molecule has 1 aliphatic carbocycles. The molecular formula is C20H41N. The maximum Gasteiger partial charge on any atom is 0.00104 e. The second-order valence-corrected chi connectivity index (χ2v) is 7.63. The van der Waals surface area contributed by atoms with Crippen LogP contribution in [0.4, 0.5) is 0 Å². The Morgan fingerprint density at radius 2 is 1.38 bits per heavy atom. The molecule has 1 saturated carbocycles. The third-order valence-electron chi connectivity index (χ3n) is 5.28. The van der Waals surface area contributed by atoms with Gasteiger partial charge >= 0.3 is 0 Å². The number of rotatable bonds is 12. The molecule has 0 aromatic carbocycles. The van der Waals surface area contributed by atoms with Crippen LogP contribution in [0.2, 0.25) is 0 Å². The van der Waals surface area contributed by atoms with Crippen LogP contribution in [0.1, 0.15) is 104 Å². The Hall–Kier alpha value is -0.0400. The highest BCUT2D eigenvalue weighted by molar-refractivity contribution is 4.77. The molecule has 2 unspecified atom stereocenters. The zero-order valence-corrected chi connectivity index (χ0v) is 15.1. The van der Waals surface area contributed by atoms with Crippen LogP contribution < -0.4 is 5.32 Å². The van der Waals surface area contributed by atoms with Crippen molar-refractivity contribution < 1.29 is 0 Å². The Balaban J connectivity index is 2.05. The molecule has 1 fully saturated rings. The van der Waals surface area contributed by atoms with Gasteiger partial charge in [0.15, 0.2) is 0 Å². The van der Waals surface area contributed by atoms with Crippen molar-refractivity contribution in [3.8, 4) is 0 Å². The van der Waals surface area contributed by atoms with Crippen LogP contribution in [-0.4, -0.2) is 12.6 Å². The third-order valence-corrected chi connectivity index (χ3v) is 5.28. The standard InChI is InChI=1S/C20H41N/c1-4-5-6-7-8-9-10-11-14-19-15-12-13-16-20(19)17-21-18(2)3/h18-21H,4-17H2,1-3H3. The van der Waals surface area contributed by atoms with E-state index in [1.165, 1.54) is 90.0 Å². The molecule has 0 heterocycles. The Morgan fingerprint density at radius 3 is 2.00 bits per heavy atom. The van der Waals surface area contributed by atoms with Crippen LogP contribution in [0, 0.1) is 11.8 Å². The van der Waals surface area contributed by atoms with Gasteiger partial charge in [-0.2, -0.15) is 0 Å². The van der Waals surface area contributed by atoms with Gasteiger partial charge in [-0.3, -0.25) is 0 Å². The lowest BCUT2D eigenvalue weighted by Crippen LogP contribution is -2.34. The SMILES string of the molecule is CCCCCCCCCCC1CCCCC1CNC(C)C. The summed E-state index contributed by atoms with van der Waals surface area (Å²) in [5, 5.41) is 3.68. The van der Waals surface area contributed by atoms with Crippen molar-refractivity contribution in [2.75, 3.05) is 6.54 Å². The maximum absolute atomic E-state index is 3.68. The molecule has 0 saturated heterocycles. The van der Waals surface area contributed by atoms with Crippen molar-refractivity contribution in [3.63, 3.8) is 0 Å². The first-order valence-corrected chi connectivity index (χ1v) is 9.97. The molecule has 1 nitrogen and oxygen atoms in total. The monoisotopic (exact) mass is 295 g/mol. The number of hydrogen-bond donors (Lipinski definition) is 1. The van der Waals surface area contributed by atoms with Gasteiger partial charge in [0.1, 0.15) is 0 Å². The van der Waals surface area contributed by atoms with Crippen LogP contribution >= 0.6 is 0 Å². The summed E-state index contributed by atoms with van der Waals surface area (Å²) >= 11 is 0. The second kappa shape index (κ2) is 12.5. The Morgan fingerprint density at radius 1 is 0.810 bits per heavy atom. The van der Waals surface area contributed by atoms with E-state index >= 15 is 0 Å². The van der Waals surface area contributed by atoms with Crippen LogP contribution in [0.3, 0.4) is 0 Å². The summed E-state index contributed by atoms with van der Waals surface area (Å²) in [6, 6.07) is 0.649. The van der Waals surface area contributed by atoms with Crippen molar-refractivity contribution >= 4 is 0 Å². The predicted molar refractivity (Wildman–Crippen MR) is 95.8 cm³/mol. The average Bonchev–Trinajstić information content (AvgIpc) is 2.48. The molecule has 2 atom stereocenters. The minimum absolute atomic E-state index is 0.649. The topological polar surface area (TPSA) is 12.0 Å². The molecule has 0 radical (unpaired) electrons. The van der Waals surface area contributed by atoms with Gasteiger partial charge in [0.25, 0.3) is 0 Å². The van der Waals surface area contributed by atoms with Crippen LogP contribution in [-0.2, 0) is 0 Å². The Labute approximate surface area is 134 Å². The molecule has 126 valence electrons. The molecule has 1 heteroatoms. The summed E-state index contributed by atoms with van der Waals surface area (Å²) < 4.78 is 0. The van der Waals surface area contributed by atoms with Crippen molar-refractivity contribution in [2.45, 2.75) is 110 Å². The van der Waals surface area contributed by atoms with E-state index in [-0.39, 0.29) is 0 Å². The minimum atomic E-state index is 0.649. The maximum atomic E-state index is 3.68. The summed E-state index contributed by atoms with van der Waals surface area (Å²) in [7, 11) is 0. The van der Waals surface area contributed by atoms with E-state index < -0.39 is 0 Å². The molecular weight excluding hydrogens is 254 g/mol. The summed E-state index contributed by atoms with van der Waals surface area (Å²) in [5.74, 6) is 1.98. The predicted octanol–water partition coefficient (Wildman–Crippen LogP) is 6.32. The molecule has 0 aliphatic heterocycles. The zero-order chi connectivity index (χ0) is 15.3. The molecule has 1 aliphatic rings. The van der Waals surface area contributed by atoms with E-state index in [0.29, 0.717) is 6.04 Å². The van der Waals surface area contributed by atoms with E-state index in [4.69, 9.17) is 0 Å². The average molecular weight is 296 g/mol. The van der Waals surface area contributed by atoms with Gasteiger partial charge in [-0.05, 0) is 24.8 Å². The van der Waals surface area contributed by atoms with E-state index in [1.54, 1.807) is 0 Å². The van der Waals surface area contributed by atoms with Crippen LogP contribution in [0.15, 0.2) is 0 Å². The van der Waals surface area contributed by atoms with Gasteiger partial charge in [0.2, 0.25) is 0 Å². The van der Waals surface area contributed by atoms with Gasteiger partial charge in [-0.1, -0.05) is 97.8 Å². The fourth-order valence-corrected chi connectivity index (χ4v) is 3.86. The molecule has 0 bridgehead atoms. The van der Waals surface area contributed by atoms with Crippen molar-refractivity contribution in [1.29, 1.82) is 0 Å². The molecule has 21 heavy (non-hydrogen) atoms. The Bertz CT molecular complexity index is 224. The highest BCUT2D eigenvalue weighted by Crippen LogP contribution is 2.33. The van der Waals surface area contributed by atoms with Gasteiger partial charge in [0.05, 0.1) is 0 Å². The van der Waals surface area contributed by atoms with Gasteiger partial charge in [-0.25, -0.2) is 0 Å². The lowest BCUT2D eigenvalue weighted by Gasteiger charge is -2.32. The fraction of sp³-hybridized carbons (Fsp3) is 1.00. The third kappa shape index (κ3) is 9.55. The van der Waals surface area contributed by atoms with Crippen molar-refractivity contribution in [3.05, 3.63) is 0 Å². The van der Waals surface area contributed by atoms with E-state index in [2.05, 4.69) is 26.1 Å². The molecule has 0 spiro atoms. The van der Waals surface area contributed by atoms with Crippen LogP contribution in [0.25, 0.3) is 0 Å². The summed E-state index contributed by atoms with van der Waals surface area (Å²) in [6.45, 7) is 8.11. The summed E-state index contributed by atoms with van der Waals surface area (Å²) in [4.78, 5) is 0. The molecule has 1 rings (SSSR count). The van der Waals surface area contributed by atoms with Gasteiger partial charge in [-0.15, -0.1) is 0 Å². The van der Waals surface area contributed by atoms with E-state index in [0.717, 1.165) is 11.8 Å². The first kappa shape index (κ1) is 19.0. The lowest BCUT2D eigenvalue weighted by atomic mass is 9.76. The van der Waals surface area contributed by atoms with Crippen LogP contribution in [0.5, 0.6) is 0 Å².